The highest BCUT2D eigenvalue weighted by atomic mass is 32.2. The van der Waals surface area contributed by atoms with Gasteiger partial charge in [-0.05, 0) is 50.6 Å². The van der Waals surface area contributed by atoms with Gasteiger partial charge in [-0.15, -0.1) is 10.2 Å². The number of para-hydroxylation sites is 1. The van der Waals surface area contributed by atoms with Gasteiger partial charge in [0.1, 0.15) is 11.6 Å². The van der Waals surface area contributed by atoms with Crippen LogP contribution in [0.25, 0.3) is 11.4 Å². The molecule has 1 N–H and O–H groups in total. The number of hydrogen-bond donors (Lipinski definition) is 1. The summed E-state index contributed by atoms with van der Waals surface area (Å²) >= 11 is 1.35. The molecule has 158 valence electrons. The van der Waals surface area contributed by atoms with Crippen molar-refractivity contribution in [2.45, 2.75) is 43.8 Å². The third-order valence-corrected chi connectivity index (χ3v) is 5.84. The SMILES string of the molecule is CCn1c(S[C@H](C)C(=O)N[C@@H](C)c2ccc(F)cc2)nnc1-c1ccccc1OC. The number of halogens is 1. The van der Waals surface area contributed by atoms with Crippen molar-refractivity contribution in [2.75, 3.05) is 7.11 Å². The van der Waals surface area contributed by atoms with Crippen LogP contribution in [0.1, 0.15) is 32.4 Å². The van der Waals surface area contributed by atoms with Crippen LogP contribution >= 0.6 is 11.8 Å². The molecule has 0 saturated carbocycles. The summed E-state index contributed by atoms with van der Waals surface area (Å²) in [6.07, 6.45) is 0. The number of ether oxygens (including phenoxy) is 1. The Bertz CT molecular complexity index is 1010. The Morgan fingerprint density at radius 3 is 2.53 bits per heavy atom. The number of thioether (sulfide) groups is 1. The largest absolute Gasteiger partial charge is 0.496 e. The Morgan fingerprint density at radius 2 is 1.87 bits per heavy atom. The molecule has 2 aromatic carbocycles. The van der Waals surface area contributed by atoms with E-state index in [4.69, 9.17) is 4.74 Å². The summed E-state index contributed by atoms with van der Waals surface area (Å²) in [4.78, 5) is 12.7. The van der Waals surface area contributed by atoms with Crippen molar-refractivity contribution in [1.82, 2.24) is 20.1 Å². The second-order valence-corrected chi connectivity index (χ2v) is 8.10. The Hall–Kier alpha value is -2.87. The minimum absolute atomic E-state index is 0.124. The maximum atomic E-state index is 13.1. The number of nitrogens with one attached hydrogen (secondary N) is 1. The molecule has 0 aliphatic rings. The number of carbonyl (C=O) groups is 1. The standard InChI is InChI=1S/C22H25FN4O2S/c1-5-27-20(18-8-6-7-9-19(18)29-4)25-26-22(27)30-15(3)21(28)24-14(2)16-10-12-17(23)13-11-16/h6-15H,5H2,1-4H3,(H,24,28)/t14-,15+/m0/s1. The first kappa shape index (κ1) is 21.8. The molecular weight excluding hydrogens is 403 g/mol. The number of aromatic nitrogens is 3. The number of hydrogen-bond acceptors (Lipinski definition) is 5. The Kier molecular flexibility index (Phi) is 7.10. The smallest absolute Gasteiger partial charge is 0.233 e. The van der Waals surface area contributed by atoms with E-state index >= 15 is 0 Å². The Balaban J connectivity index is 1.73. The molecule has 1 aromatic heterocycles. The van der Waals surface area contributed by atoms with E-state index < -0.39 is 0 Å². The third kappa shape index (κ3) is 4.81. The van der Waals surface area contributed by atoms with Crippen LogP contribution in [-0.4, -0.2) is 33.0 Å². The van der Waals surface area contributed by atoms with Crippen molar-refractivity contribution in [3.8, 4) is 17.1 Å². The van der Waals surface area contributed by atoms with Gasteiger partial charge in [0.05, 0.1) is 24.0 Å². The topological polar surface area (TPSA) is 69.0 Å². The highest BCUT2D eigenvalue weighted by Gasteiger charge is 2.22. The molecular formula is C22H25FN4O2S. The van der Waals surface area contributed by atoms with Gasteiger partial charge in [-0.2, -0.15) is 0 Å². The molecule has 0 aliphatic carbocycles. The summed E-state index contributed by atoms with van der Waals surface area (Å²) in [6, 6.07) is 13.5. The van der Waals surface area contributed by atoms with E-state index in [1.54, 1.807) is 19.2 Å². The fourth-order valence-corrected chi connectivity index (χ4v) is 3.99. The molecule has 2 atom stereocenters. The van der Waals surface area contributed by atoms with Gasteiger partial charge in [-0.1, -0.05) is 36.0 Å². The van der Waals surface area contributed by atoms with Gasteiger partial charge in [0.2, 0.25) is 5.91 Å². The van der Waals surface area contributed by atoms with E-state index in [0.717, 1.165) is 16.9 Å². The zero-order chi connectivity index (χ0) is 21.7. The van der Waals surface area contributed by atoms with Gasteiger partial charge in [-0.25, -0.2) is 4.39 Å². The molecule has 0 bridgehead atoms. The van der Waals surface area contributed by atoms with Crippen molar-refractivity contribution in [3.63, 3.8) is 0 Å². The van der Waals surface area contributed by atoms with E-state index in [1.807, 2.05) is 49.6 Å². The van der Waals surface area contributed by atoms with Gasteiger partial charge in [0.25, 0.3) is 0 Å². The first-order valence-electron chi connectivity index (χ1n) is 9.73. The molecule has 3 rings (SSSR count). The lowest BCUT2D eigenvalue weighted by Gasteiger charge is -2.18. The molecule has 0 aliphatic heterocycles. The summed E-state index contributed by atoms with van der Waals surface area (Å²) in [7, 11) is 1.62. The average Bonchev–Trinajstić information content (AvgIpc) is 3.16. The maximum absolute atomic E-state index is 13.1. The van der Waals surface area contributed by atoms with Gasteiger partial charge in [-0.3, -0.25) is 4.79 Å². The molecule has 6 nitrogen and oxygen atoms in total. The first-order chi connectivity index (χ1) is 14.4. The normalized spacial score (nSPS) is 13.0. The average molecular weight is 429 g/mol. The van der Waals surface area contributed by atoms with Crippen LogP contribution in [0.15, 0.2) is 53.7 Å². The number of rotatable bonds is 8. The van der Waals surface area contributed by atoms with E-state index in [2.05, 4.69) is 15.5 Å². The van der Waals surface area contributed by atoms with Crippen LogP contribution < -0.4 is 10.1 Å². The summed E-state index contributed by atoms with van der Waals surface area (Å²) in [5.74, 6) is 0.993. The van der Waals surface area contributed by atoms with Crippen molar-refractivity contribution < 1.29 is 13.9 Å². The lowest BCUT2D eigenvalue weighted by molar-refractivity contribution is -0.120. The molecule has 0 unspecified atom stereocenters. The lowest BCUT2D eigenvalue weighted by atomic mass is 10.1. The van der Waals surface area contributed by atoms with Crippen LogP contribution in [-0.2, 0) is 11.3 Å². The summed E-state index contributed by atoms with van der Waals surface area (Å²) in [6.45, 7) is 6.36. The van der Waals surface area contributed by atoms with E-state index in [1.165, 1.54) is 23.9 Å². The number of methoxy groups -OCH3 is 1. The predicted molar refractivity (Wildman–Crippen MR) is 116 cm³/mol. The lowest BCUT2D eigenvalue weighted by Crippen LogP contribution is -2.33. The zero-order valence-corrected chi connectivity index (χ0v) is 18.2. The van der Waals surface area contributed by atoms with Crippen LogP contribution in [0, 0.1) is 5.82 Å². The summed E-state index contributed by atoms with van der Waals surface area (Å²) in [5, 5.41) is 11.9. The fraction of sp³-hybridized carbons (Fsp3) is 0.318. The van der Waals surface area contributed by atoms with Crippen LogP contribution in [0.5, 0.6) is 5.75 Å². The van der Waals surface area contributed by atoms with E-state index in [9.17, 15) is 9.18 Å². The second kappa shape index (κ2) is 9.75. The van der Waals surface area contributed by atoms with Gasteiger partial charge in [0.15, 0.2) is 11.0 Å². The monoisotopic (exact) mass is 428 g/mol. The van der Waals surface area contributed by atoms with E-state index in [0.29, 0.717) is 17.5 Å². The molecule has 1 heterocycles. The number of amides is 1. The summed E-state index contributed by atoms with van der Waals surface area (Å²) in [5.41, 5.74) is 1.69. The van der Waals surface area contributed by atoms with Gasteiger partial charge in [0, 0.05) is 6.54 Å². The van der Waals surface area contributed by atoms with Crippen molar-refractivity contribution >= 4 is 17.7 Å². The maximum Gasteiger partial charge on any atom is 0.233 e. The quantitative estimate of drug-likeness (QED) is 0.536. The fourth-order valence-electron chi connectivity index (χ4n) is 3.07. The van der Waals surface area contributed by atoms with Gasteiger partial charge < -0.3 is 14.6 Å². The van der Waals surface area contributed by atoms with Crippen LogP contribution in [0.3, 0.4) is 0 Å². The molecule has 8 heteroatoms. The minimum atomic E-state index is -0.382. The number of benzene rings is 2. The molecule has 1 amide bonds. The first-order valence-corrected chi connectivity index (χ1v) is 10.6. The van der Waals surface area contributed by atoms with E-state index in [-0.39, 0.29) is 23.0 Å². The van der Waals surface area contributed by atoms with Crippen molar-refractivity contribution in [1.29, 1.82) is 0 Å². The van der Waals surface area contributed by atoms with Crippen LogP contribution in [0.2, 0.25) is 0 Å². The Morgan fingerprint density at radius 1 is 1.17 bits per heavy atom. The molecule has 0 fully saturated rings. The summed E-state index contributed by atoms with van der Waals surface area (Å²) < 4.78 is 20.5. The molecule has 3 aromatic rings. The van der Waals surface area contributed by atoms with Crippen LogP contribution in [0.4, 0.5) is 4.39 Å². The predicted octanol–water partition coefficient (Wildman–Crippen LogP) is 4.47. The third-order valence-electron chi connectivity index (χ3n) is 4.76. The van der Waals surface area contributed by atoms with Crippen molar-refractivity contribution in [2.24, 2.45) is 0 Å². The highest BCUT2D eigenvalue weighted by molar-refractivity contribution is 8.00. The second-order valence-electron chi connectivity index (χ2n) is 6.79. The molecule has 30 heavy (non-hydrogen) atoms. The van der Waals surface area contributed by atoms with Crippen molar-refractivity contribution in [3.05, 3.63) is 59.9 Å². The zero-order valence-electron chi connectivity index (χ0n) is 17.4. The number of nitrogens with zero attached hydrogens (tertiary/aromatic N) is 3. The number of carbonyl (C=O) groups excluding carboxylic acids is 1. The van der Waals surface area contributed by atoms with Gasteiger partial charge >= 0.3 is 0 Å². The molecule has 0 saturated heterocycles. The minimum Gasteiger partial charge on any atom is -0.496 e. The highest BCUT2D eigenvalue weighted by Crippen LogP contribution is 2.32. The Labute approximate surface area is 179 Å². The molecule has 0 spiro atoms. The molecule has 0 radical (unpaired) electrons.